The van der Waals surface area contributed by atoms with Crippen molar-refractivity contribution < 1.29 is 32.9 Å². The summed E-state index contributed by atoms with van der Waals surface area (Å²) in [5.41, 5.74) is 3.11. The van der Waals surface area contributed by atoms with Gasteiger partial charge in [-0.05, 0) is 54.1 Å². The first-order valence-electron chi connectivity index (χ1n) is 11.5. The normalized spacial score (nSPS) is 10.7. The number of halogens is 1. The molecule has 0 bridgehead atoms. The number of benzene rings is 3. The minimum absolute atomic E-state index is 0.0811. The van der Waals surface area contributed by atoms with E-state index in [1.807, 2.05) is 0 Å². The number of esters is 1. The van der Waals surface area contributed by atoms with E-state index in [-0.39, 0.29) is 18.4 Å². The van der Waals surface area contributed by atoms with Gasteiger partial charge in [-0.25, -0.2) is 4.39 Å². The Morgan fingerprint density at radius 3 is 2.26 bits per heavy atom. The number of rotatable bonds is 9. The molecule has 1 heterocycles. The number of hydrogen-bond donors (Lipinski definition) is 1. The van der Waals surface area contributed by atoms with Gasteiger partial charge in [0.05, 0.1) is 25.5 Å². The molecule has 0 aliphatic carbocycles. The van der Waals surface area contributed by atoms with Crippen LogP contribution in [0.1, 0.15) is 6.92 Å². The van der Waals surface area contributed by atoms with Gasteiger partial charge in [0.15, 0.2) is 11.5 Å². The second-order valence-electron chi connectivity index (χ2n) is 8.14. The molecule has 3 aromatic carbocycles. The summed E-state index contributed by atoms with van der Waals surface area (Å²) in [5.74, 6) is -0.252. The fourth-order valence-corrected chi connectivity index (χ4v) is 3.91. The van der Waals surface area contributed by atoms with Crippen LogP contribution in [-0.2, 0) is 14.3 Å². The minimum Gasteiger partial charge on any atom is -0.493 e. The van der Waals surface area contributed by atoms with Crippen LogP contribution in [0.4, 0.5) is 10.1 Å². The Hall–Kier alpha value is -4.70. The molecule has 9 nitrogen and oxygen atoms in total. The Labute approximate surface area is 218 Å². The van der Waals surface area contributed by atoms with Gasteiger partial charge < -0.3 is 24.3 Å². The van der Waals surface area contributed by atoms with E-state index >= 15 is 0 Å². The van der Waals surface area contributed by atoms with Crippen molar-refractivity contribution in [2.45, 2.75) is 6.92 Å². The second kappa shape index (κ2) is 11.6. The molecule has 1 N–H and O–H groups in total. The lowest BCUT2D eigenvalue weighted by atomic mass is 10.0. The van der Waals surface area contributed by atoms with Crippen LogP contribution >= 0.6 is 0 Å². The molecular formula is C28H26FN3O6. The van der Waals surface area contributed by atoms with Gasteiger partial charge in [0.25, 0.3) is 0 Å². The number of aromatic nitrogens is 2. The van der Waals surface area contributed by atoms with E-state index in [9.17, 15) is 14.0 Å². The van der Waals surface area contributed by atoms with Crippen LogP contribution in [0.2, 0.25) is 0 Å². The summed E-state index contributed by atoms with van der Waals surface area (Å²) in [4.78, 5) is 24.1. The molecule has 1 aromatic heterocycles. The summed E-state index contributed by atoms with van der Waals surface area (Å²) in [6.45, 7) is 1.19. The fraction of sp³-hybridized carbons (Fsp3) is 0.179. The van der Waals surface area contributed by atoms with E-state index < -0.39 is 11.8 Å². The van der Waals surface area contributed by atoms with E-state index in [0.29, 0.717) is 45.3 Å². The molecule has 10 heteroatoms. The zero-order chi connectivity index (χ0) is 27.2. The summed E-state index contributed by atoms with van der Waals surface area (Å²) in [6.07, 6.45) is 0. The Balaban J connectivity index is 1.94. The lowest BCUT2D eigenvalue weighted by Gasteiger charge is -2.11. The number of carbonyl (C=O) groups is 2. The number of hydrogen-bond acceptors (Lipinski definition) is 7. The first kappa shape index (κ1) is 26.4. The molecule has 4 aromatic rings. The molecular weight excluding hydrogens is 493 g/mol. The van der Waals surface area contributed by atoms with Crippen molar-refractivity contribution in [1.29, 1.82) is 0 Å². The van der Waals surface area contributed by atoms with Crippen molar-refractivity contribution in [2.24, 2.45) is 0 Å². The SMILES string of the molecule is COCC(=O)Nc1ccc(-c2c(-c3ccc(OC)c(OC)c3)nn(-c3cccc(F)c3)c2OC(C)=O)cc1. The van der Waals surface area contributed by atoms with Crippen LogP contribution in [-0.4, -0.2) is 49.6 Å². The molecule has 0 aliphatic rings. The Kier molecular flexibility index (Phi) is 8.03. The van der Waals surface area contributed by atoms with Gasteiger partial charge in [0.2, 0.25) is 11.8 Å². The third-order valence-electron chi connectivity index (χ3n) is 5.53. The van der Waals surface area contributed by atoms with Crippen molar-refractivity contribution >= 4 is 17.6 Å². The van der Waals surface area contributed by atoms with Gasteiger partial charge in [0.1, 0.15) is 18.1 Å². The number of nitrogens with zero attached hydrogens (tertiary/aromatic N) is 2. The molecule has 0 fully saturated rings. The molecule has 0 saturated carbocycles. The maximum atomic E-state index is 14.2. The van der Waals surface area contributed by atoms with E-state index in [4.69, 9.17) is 24.0 Å². The number of methoxy groups -OCH3 is 3. The molecule has 38 heavy (non-hydrogen) atoms. The molecule has 0 unspecified atom stereocenters. The first-order chi connectivity index (χ1) is 18.3. The smallest absolute Gasteiger partial charge is 0.309 e. The first-order valence-corrected chi connectivity index (χ1v) is 11.5. The Morgan fingerprint density at radius 2 is 1.63 bits per heavy atom. The zero-order valence-electron chi connectivity index (χ0n) is 21.3. The lowest BCUT2D eigenvalue weighted by Crippen LogP contribution is -2.16. The quantitative estimate of drug-likeness (QED) is 0.315. The largest absolute Gasteiger partial charge is 0.493 e. The molecule has 0 saturated heterocycles. The van der Waals surface area contributed by atoms with Crippen LogP contribution in [0.5, 0.6) is 17.4 Å². The summed E-state index contributed by atoms with van der Waals surface area (Å²) in [6, 6.07) is 18.0. The monoisotopic (exact) mass is 519 g/mol. The van der Waals surface area contributed by atoms with Crippen LogP contribution in [0.25, 0.3) is 28.1 Å². The topological polar surface area (TPSA) is 101 Å². The van der Waals surface area contributed by atoms with Crippen LogP contribution in [0.3, 0.4) is 0 Å². The summed E-state index contributed by atoms with van der Waals surface area (Å²) in [5, 5.41) is 7.47. The van der Waals surface area contributed by atoms with E-state index in [0.717, 1.165) is 0 Å². The van der Waals surface area contributed by atoms with Gasteiger partial charge in [0, 0.05) is 25.3 Å². The maximum Gasteiger partial charge on any atom is 0.309 e. The van der Waals surface area contributed by atoms with Crippen molar-refractivity contribution in [3.05, 3.63) is 72.5 Å². The second-order valence-corrected chi connectivity index (χ2v) is 8.14. The van der Waals surface area contributed by atoms with Gasteiger partial charge in [-0.3, -0.25) is 9.59 Å². The molecule has 0 atom stereocenters. The highest BCUT2D eigenvalue weighted by Gasteiger charge is 2.25. The standard InChI is InChI=1S/C28H26FN3O6/c1-17(33)38-28-26(18-8-11-21(12-9-18)30-25(34)16-35-2)27(19-10-13-23(36-3)24(14-19)37-4)31-32(28)22-7-5-6-20(29)15-22/h5-15H,16H2,1-4H3,(H,30,34). The number of carbonyl (C=O) groups excluding carboxylic acids is 2. The third kappa shape index (κ3) is 5.65. The average Bonchev–Trinajstić information content (AvgIpc) is 3.27. The molecule has 1 amide bonds. The van der Waals surface area contributed by atoms with E-state index in [2.05, 4.69) is 5.32 Å². The summed E-state index contributed by atoms with van der Waals surface area (Å²) in [7, 11) is 4.49. The van der Waals surface area contributed by atoms with E-state index in [1.54, 1.807) is 48.5 Å². The highest BCUT2D eigenvalue weighted by atomic mass is 19.1. The Bertz CT molecular complexity index is 1470. The van der Waals surface area contributed by atoms with E-state index in [1.165, 1.54) is 51.1 Å². The Morgan fingerprint density at radius 1 is 0.921 bits per heavy atom. The highest BCUT2D eigenvalue weighted by molar-refractivity contribution is 5.93. The average molecular weight is 520 g/mol. The number of nitrogens with one attached hydrogen (secondary N) is 1. The van der Waals surface area contributed by atoms with Crippen molar-refractivity contribution in [1.82, 2.24) is 9.78 Å². The molecule has 0 spiro atoms. The van der Waals surface area contributed by atoms with Gasteiger partial charge in [-0.1, -0.05) is 18.2 Å². The number of amides is 1. The molecule has 196 valence electrons. The van der Waals surface area contributed by atoms with Crippen LogP contribution in [0.15, 0.2) is 66.7 Å². The highest BCUT2D eigenvalue weighted by Crippen LogP contribution is 2.43. The minimum atomic E-state index is -0.578. The van der Waals surface area contributed by atoms with Gasteiger partial charge >= 0.3 is 5.97 Å². The molecule has 4 rings (SSSR count). The van der Waals surface area contributed by atoms with Crippen LogP contribution in [0, 0.1) is 5.82 Å². The van der Waals surface area contributed by atoms with Crippen LogP contribution < -0.4 is 19.5 Å². The lowest BCUT2D eigenvalue weighted by molar-refractivity contribution is -0.132. The van der Waals surface area contributed by atoms with Crippen molar-refractivity contribution in [3.8, 4) is 45.5 Å². The molecule has 0 radical (unpaired) electrons. The zero-order valence-corrected chi connectivity index (χ0v) is 21.3. The third-order valence-corrected chi connectivity index (χ3v) is 5.53. The number of anilines is 1. The van der Waals surface area contributed by atoms with Crippen molar-refractivity contribution in [2.75, 3.05) is 33.3 Å². The predicted molar refractivity (Wildman–Crippen MR) is 139 cm³/mol. The summed E-state index contributed by atoms with van der Waals surface area (Å²) < 4.78 is 36.9. The molecule has 0 aliphatic heterocycles. The summed E-state index contributed by atoms with van der Waals surface area (Å²) >= 11 is 0. The number of ether oxygens (including phenoxy) is 4. The van der Waals surface area contributed by atoms with Crippen molar-refractivity contribution in [3.63, 3.8) is 0 Å². The predicted octanol–water partition coefficient (Wildman–Crippen LogP) is 4.87. The maximum absolute atomic E-state index is 14.2. The van der Waals surface area contributed by atoms with Gasteiger partial charge in [-0.15, -0.1) is 0 Å². The van der Waals surface area contributed by atoms with Gasteiger partial charge in [-0.2, -0.15) is 9.78 Å². The fourth-order valence-electron chi connectivity index (χ4n) is 3.91.